The number of hydrogen-bond donors (Lipinski definition) is 0. The highest BCUT2D eigenvalue weighted by Crippen LogP contribution is 2.41. The largest absolute Gasteiger partial charge is 0.0610 e. The van der Waals surface area contributed by atoms with Crippen LogP contribution in [-0.2, 0) is 10.8 Å². The summed E-state index contributed by atoms with van der Waals surface area (Å²) in [5.74, 6) is 29.5. The van der Waals surface area contributed by atoms with Gasteiger partial charge in [-0.1, -0.05) is 186 Å². The molecule has 0 amide bonds. The molecule has 1 aliphatic carbocycles. The van der Waals surface area contributed by atoms with E-state index in [0.717, 1.165) is 109 Å². The third-order valence-electron chi connectivity index (χ3n) is 14.7. The van der Waals surface area contributed by atoms with E-state index < -0.39 is 0 Å². The van der Waals surface area contributed by atoms with Crippen molar-refractivity contribution in [1.82, 2.24) is 0 Å². The molecule has 0 aromatic heterocycles. The number of rotatable bonds is 0. The van der Waals surface area contributed by atoms with Gasteiger partial charge in [0, 0.05) is 44.5 Å². The van der Waals surface area contributed by atoms with E-state index >= 15 is 0 Å². The van der Waals surface area contributed by atoms with Crippen molar-refractivity contribution in [2.45, 2.75) is 52.4 Å². The molecule has 8 bridgehead atoms. The van der Waals surface area contributed by atoms with Crippen LogP contribution in [0.5, 0.6) is 0 Å². The molecule has 0 radical (unpaired) electrons. The van der Waals surface area contributed by atoms with Crippen molar-refractivity contribution >= 4 is 86.2 Å². The van der Waals surface area contributed by atoms with Gasteiger partial charge in [0.15, 0.2) is 0 Å². The summed E-state index contributed by atoms with van der Waals surface area (Å²) in [6.07, 6.45) is 0. The zero-order valence-corrected chi connectivity index (χ0v) is 41.3. The first kappa shape index (κ1) is 43.0. The van der Waals surface area contributed by atoms with Crippen molar-refractivity contribution < 1.29 is 0 Å². The van der Waals surface area contributed by atoms with Gasteiger partial charge in [-0.25, -0.2) is 0 Å². The Balaban J connectivity index is 1.12. The van der Waals surface area contributed by atoms with Gasteiger partial charge in [-0.15, -0.1) is 0 Å². The molecule has 0 nitrogen and oxygen atoms in total. The highest BCUT2D eigenvalue weighted by atomic mass is 14.3. The third kappa shape index (κ3) is 7.16. The van der Waals surface area contributed by atoms with Crippen LogP contribution < -0.4 is 0 Å². The second kappa shape index (κ2) is 16.3. The van der Waals surface area contributed by atoms with Crippen molar-refractivity contribution in [3.63, 3.8) is 0 Å². The summed E-state index contributed by atoms with van der Waals surface area (Å²) < 4.78 is 0. The normalized spacial score (nSPS) is 12.3. The Morgan fingerprint density at radius 3 is 0.625 bits per heavy atom. The summed E-state index contributed by atoms with van der Waals surface area (Å²) in [4.78, 5) is 0. The van der Waals surface area contributed by atoms with Crippen molar-refractivity contribution in [3.05, 3.63) is 238 Å². The lowest BCUT2D eigenvalue weighted by Gasteiger charge is -2.25. The molecular formula is C72H48. The summed E-state index contributed by atoms with van der Waals surface area (Å²) in [7, 11) is 0. The van der Waals surface area contributed by atoms with E-state index in [1.165, 1.54) is 32.7 Å². The molecule has 0 aliphatic heterocycles. The monoisotopic (exact) mass is 912 g/mol. The van der Waals surface area contributed by atoms with Crippen molar-refractivity contribution in [3.8, 4) is 47.4 Å². The van der Waals surface area contributed by atoms with E-state index in [1.54, 1.807) is 0 Å². The van der Waals surface area contributed by atoms with Gasteiger partial charge >= 0.3 is 0 Å². The Bertz CT molecular complexity index is 4080. The lowest BCUT2D eigenvalue weighted by Crippen LogP contribution is -2.13. The van der Waals surface area contributed by atoms with Crippen LogP contribution >= 0.6 is 0 Å². The van der Waals surface area contributed by atoms with Crippen LogP contribution in [0.3, 0.4) is 0 Å². The highest BCUT2D eigenvalue weighted by Gasteiger charge is 2.24. The van der Waals surface area contributed by atoms with E-state index in [1.807, 2.05) is 0 Å². The summed E-state index contributed by atoms with van der Waals surface area (Å²) >= 11 is 0. The summed E-state index contributed by atoms with van der Waals surface area (Å²) in [5, 5.41) is 18.4. The quantitative estimate of drug-likeness (QED) is 0.105. The highest BCUT2D eigenvalue weighted by molar-refractivity contribution is 6.10. The molecule has 12 aromatic carbocycles. The van der Waals surface area contributed by atoms with Crippen LogP contribution in [-0.4, -0.2) is 0 Å². The van der Waals surface area contributed by atoms with Crippen molar-refractivity contribution in [2.75, 3.05) is 0 Å². The predicted octanol–water partition coefficient (Wildman–Crippen LogP) is 17.4. The topological polar surface area (TPSA) is 0 Å². The molecule has 0 spiro atoms. The smallest absolute Gasteiger partial charge is 0.0327 e. The molecular weight excluding hydrogens is 865 g/mol. The Morgan fingerprint density at radius 1 is 0.208 bits per heavy atom. The minimum Gasteiger partial charge on any atom is -0.0610 e. The molecule has 0 saturated heterocycles. The lowest BCUT2D eigenvalue weighted by molar-refractivity contribution is 0.601. The minimum absolute atomic E-state index is 0.152. The Hall–Kier alpha value is -9.04. The van der Waals surface area contributed by atoms with Gasteiger partial charge in [0.1, 0.15) is 0 Å². The average molecular weight is 913 g/mol. The molecule has 0 saturated carbocycles. The van der Waals surface area contributed by atoms with Crippen LogP contribution in [0.15, 0.2) is 182 Å². The second-order valence-corrected chi connectivity index (χ2v) is 21.4. The maximum absolute atomic E-state index is 3.70. The van der Waals surface area contributed by atoms with Crippen molar-refractivity contribution in [2.24, 2.45) is 0 Å². The van der Waals surface area contributed by atoms with E-state index in [-0.39, 0.29) is 10.8 Å². The summed E-state index contributed by atoms with van der Waals surface area (Å²) in [6.45, 7) is 13.9. The van der Waals surface area contributed by atoms with E-state index in [0.29, 0.717) is 0 Å². The molecule has 0 unspecified atom stereocenters. The number of hydrogen-bond acceptors (Lipinski definition) is 0. The molecule has 72 heavy (non-hydrogen) atoms. The zero-order chi connectivity index (χ0) is 48.9. The van der Waals surface area contributed by atoms with Crippen LogP contribution in [0.1, 0.15) is 97.2 Å². The van der Waals surface area contributed by atoms with Crippen LogP contribution in [0.2, 0.25) is 0 Å². The fraction of sp³-hybridized carbons (Fsp3) is 0.111. The first-order valence-corrected chi connectivity index (χ1v) is 24.9. The van der Waals surface area contributed by atoms with E-state index in [4.69, 9.17) is 0 Å². The lowest BCUT2D eigenvalue weighted by atomic mass is 9.79. The average Bonchev–Trinajstić information content (AvgIpc) is 3.37. The molecule has 1 aliphatic rings. The second-order valence-electron chi connectivity index (χ2n) is 21.4. The fourth-order valence-electron chi connectivity index (χ4n) is 11.5. The van der Waals surface area contributed by atoms with Crippen LogP contribution in [0.25, 0.3) is 86.2 Å². The van der Waals surface area contributed by atoms with Gasteiger partial charge in [0.05, 0.1) is 0 Å². The number of benzene rings is 12. The van der Waals surface area contributed by atoms with Crippen LogP contribution in [0, 0.1) is 47.4 Å². The van der Waals surface area contributed by atoms with Crippen LogP contribution in [0.4, 0.5) is 0 Å². The standard InChI is InChI=1S/C72H48/c1-71(2,3)69-57-27-11-19-49-35-31-45-15-7-23-53-39-55-25-9-17-47(63(55)41-61(45)53)33-37-51-21-13-29-59-67(51)44-68-52(22-14-30-60(68)70(59)72(4,5)6)38-34-48-18-10-26-56-40-54-24-8-16-46(62(54)42-64(48)56)32-36-50-20-12-28-58(69)66(50)43-65(49)57/h7-30,39-44H,1-6H3. The molecule has 12 aromatic rings. The SMILES string of the molecule is CC(C)(C)c1c2cccc3c2cc2c(cccc12)C#Cc1cccc2cc4cccc(c4cc12)C#Cc1cccc2c(C(C)(C)C)c4cccc(c4cc12)C#Cc1cccc2cc4cccc(c4cc12)C#C3. The minimum atomic E-state index is -0.152. The van der Waals surface area contributed by atoms with Gasteiger partial charge in [0.25, 0.3) is 0 Å². The Labute approximate surface area is 421 Å². The Morgan fingerprint density at radius 2 is 0.403 bits per heavy atom. The van der Waals surface area contributed by atoms with E-state index in [9.17, 15) is 0 Å². The molecule has 0 atom stereocenters. The van der Waals surface area contributed by atoms with Gasteiger partial charge in [-0.05, 0) is 193 Å². The van der Waals surface area contributed by atoms with Gasteiger partial charge in [-0.2, -0.15) is 0 Å². The first-order valence-electron chi connectivity index (χ1n) is 24.9. The maximum Gasteiger partial charge on any atom is 0.0327 e. The Kier molecular flexibility index (Phi) is 9.72. The fourth-order valence-corrected chi connectivity index (χ4v) is 11.5. The third-order valence-corrected chi connectivity index (χ3v) is 14.7. The zero-order valence-electron chi connectivity index (χ0n) is 41.3. The summed E-state index contributed by atoms with van der Waals surface area (Å²) in [5.41, 5.74) is 10.2. The van der Waals surface area contributed by atoms with E-state index in [2.05, 4.69) is 271 Å². The molecule has 0 heterocycles. The maximum atomic E-state index is 3.70. The van der Waals surface area contributed by atoms with Crippen molar-refractivity contribution in [1.29, 1.82) is 0 Å². The molecule has 336 valence electrons. The molecule has 0 N–H and O–H groups in total. The predicted molar refractivity (Wildman–Crippen MR) is 307 cm³/mol. The van der Waals surface area contributed by atoms with Gasteiger partial charge in [-0.3, -0.25) is 0 Å². The molecule has 0 fully saturated rings. The summed E-state index contributed by atoms with van der Waals surface area (Å²) in [6, 6.07) is 65.9. The van der Waals surface area contributed by atoms with Gasteiger partial charge < -0.3 is 0 Å². The molecule has 0 heteroatoms. The first-order chi connectivity index (χ1) is 34.9. The molecule has 13 rings (SSSR count). The van der Waals surface area contributed by atoms with Gasteiger partial charge in [0.2, 0.25) is 0 Å².